The topological polar surface area (TPSA) is 42.0 Å². The number of rotatable bonds is 3. The van der Waals surface area contributed by atoms with Gasteiger partial charge in [-0.05, 0) is 56.3 Å². The maximum atomic E-state index is 13.1. The summed E-state index contributed by atoms with van der Waals surface area (Å²) in [5.41, 5.74) is 2.05. The molecule has 1 aliphatic carbocycles. The summed E-state index contributed by atoms with van der Waals surface area (Å²) in [6, 6.07) is 4.09. The van der Waals surface area contributed by atoms with Gasteiger partial charge in [-0.2, -0.15) is 0 Å². The molecule has 1 aromatic heterocycles. The zero-order valence-electron chi connectivity index (χ0n) is 12.5. The Balaban J connectivity index is 1.82. The first-order valence-electron chi connectivity index (χ1n) is 7.79. The predicted octanol–water partition coefficient (Wildman–Crippen LogP) is 2.71. The first-order chi connectivity index (χ1) is 9.60. The molecule has 3 rings (SSSR count). The van der Waals surface area contributed by atoms with Crippen molar-refractivity contribution in [2.24, 2.45) is 11.3 Å². The number of nitrogens with zero attached hydrogens (tertiary/aromatic N) is 1. The van der Waals surface area contributed by atoms with E-state index < -0.39 is 0 Å². The number of hydrogen-bond donors (Lipinski definition) is 1. The summed E-state index contributed by atoms with van der Waals surface area (Å²) in [5, 5.41) is 3.44. The molecule has 1 saturated heterocycles. The molecule has 0 aromatic carbocycles. The van der Waals surface area contributed by atoms with E-state index in [1.54, 1.807) is 0 Å². The molecule has 1 N–H and O–H groups in total. The molecule has 3 nitrogen and oxygen atoms in total. The molecular weight excluding hydrogens is 248 g/mol. The van der Waals surface area contributed by atoms with E-state index in [1.807, 2.05) is 12.3 Å². The molecule has 0 amide bonds. The molecule has 1 aromatic rings. The maximum absolute atomic E-state index is 13.1. The van der Waals surface area contributed by atoms with Crippen LogP contribution in [-0.4, -0.2) is 23.9 Å². The molecular formula is C17H24N2O. The molecule has 0 saturated carbocycles. The number of hydrogen-bond acceptors (Lipinski definition) is 3. The van der Waals surface area contributed by atoms with Crippen LogP contribution in [0, 0.1) is 11.3 Å². The first-order valence-corrected chi connectivity index (χ1v) is 7.79. The summed E-state index contributed by atoms with van der Waals surface area (Å²) < 4.78 is 0. The highest BCUT2D eigenvalue weighted by molar-refractivity contribution is 5.91. The van der Waals surface area contributed by atoms with Crippen molar-refractivity contribution in [3.05, 3.63) is 29.6 Å². The number of aryl methyl sites for hydroxylation is 1. The molecule has 1 aliphatic heterocycles. The highest BCUT2D eigenvalue weighted by atomic mass is 16.1. The van der Waals surface area contributed by atoms with E-state index in [0.717, 1.165) is 38.0 Å². The van der Waals surface area contributed by atoms with Gasteiger partial charge in [-0.1, -0.05) is 19.9 Å². The van der Waals surface area contributed by atoms with Gasteiger partial charge in [0.15, 0.2) is 0 Å². The third kappa shape index (κ3) is 2.28. The van der Waals surface area contributed by atoms with Gasteiger partial charge in [0.2, 0.25) is 0 Å². The van der Waals surface area contributed by atoms with Crippen molar-refractivity contribution in [2.75, 3.05) is 13.1 Å². The number of pyridine rings is 1. The Morgan fingerprint density at radius 3 is 3.00 bits per heavy atom. The van der Waals surface area contributed by atoms with E-state index in [9.17, 15) is 4.79 Å². The Morgan fingerprint density at radius 1 is 1.40 bits per heavy atom. The number of nitrogens with one attached hydrogen (secondary N) is 1. The Kier molecular flexibility index (Phi) is 3.63. The van der Waals surface area contributed by atoms with Crippen LogP contribution in [0.4, 0.5) is 0 Å². The van der Waals surface area contributed by atoms with E-state index in [4.69, 9.17) is 0 Å². The SMILES string of the molecule is CC(C)(C(=O)C1CCc2cccnc21)C1CCCNC1. The molecule has 108 valence electrons. The van der Waals surface area contributed by atoms with Crippen LogP contribution in [0.1, 0.15) is 50.3 Å². The summed E-state index contributed by atoms with van der Waals surface area (Å²) in [7, 11) is 0. The Bertz CT molecular complexity index is 503. The molecule has 0 spiro atoms. The molecule has 2 unspecified atom stereocenters. The van der Waals surface area contributed by atoms with Crippen LogP contribution in [0.5, 0.6) is 0 Å². The van der Waals surface area contributed by atoms with Gasteiger partial charge in [-0.3, -0.25) is 9.78 Å². The second-order valence-corrected chi connectivity index (χ2v) is 6.77. The highest BCUT2D eigenvalue weighted by Crippen LogP contribution is 2.41. The van der Waals surface area contributed by atoms with Crippen LogP contribution in [-0.2, 0) is 11.2 Å². The van der Waals surface area contributed by atoms with Crippen LogP contribution in [0.2, 0.25) is 0 Å². The van der Waals surface area contributed by atoms with Gasteiger partial charge in [0.25, 0.3) is 0 Å². The average molecular weight is 272 g/mol. The second kappa shape index (κ2) is 5.28. The minimum absolute atomic E-state index is 0.0168. The lowest BCUT2D eigenvalue weighted by molar-refractivity contribution is -0.131. The van der Waals surface area contributed by atoms with Crippen LogP contribution in [0.25, 0.3) is 0 Å². The van der Waals surface area contributed by atoms with Gasteiger partial charge < -0.3 is 5.32 Å². The van der Waals surface area contributed by atoms with Gasteiger partial charge in [0.1, 0.15) is 5.78 Å². The first kappa shape index (κ1) is 13.7. The average Bonchev–Trinajstić information content (AvgIpc) is 2.91. The number of ketones is 1. The van der Waals surface area contributed by atoms with Crippen molar-refractivity contribution in [3.8, 4) is 0 Å². The molecule has 1 fully saturated rings. The standard InChI is InChI=1S/C17H24N2O/c1-17(2,13-6-4-9-18-11-13)16(20)14-8-7-12-5-3-10-19-15(12)14/h3,5,10,13-14,18H,4,6-9,11H2,1-2H3. The number of piperidine rings is 1. The zero-order chi connectivity index (χ0) is 14.2. The molecule has 2 atom stereocenters. The number of aromatic nitrogens is 1. The minimum Gasteiger partial charge on any atom is -0.316 e. The summed E-state index contributed by atoms with van der Waals surface area (Å²) in [4.78, 5) is 17.5. The van der Waals surface area contributed by atoms with Gasteiger partial charge in [0, 0.05) is 11.6 Å². The molecule has 3 heteroatoms. The van der Waals surface area contributed by atoms with E-state index in [0.29, 0.717) is 11.7 Å². The zero-order valence-corrected chi connectivity index (χ0v) is 12.5. The van der Waals surface area contributed by atoms with Crippen molar-refractivity contribution < 1.29 is 4.79 Å². The van der Waals surface area contributed by atoms with Crippen molar-refractivity contribution >= 4 is 5.78 Å². The minimum atomic E-state index is -0.253. The predicted molar refractivity (Wildman–Crippen MR) is 79.7 cm³/mol. The van der Waals surface area contributed by atoms with Gasteiger partial charge >= 0.3 is 0 Å². The van der Waals surface area contributed by atoms with E-state index in [2.05, 4.69) is 30.2 Å². The quantitative estimate of drug-likeness (QED) is 0.920. The Labute approximate surface area is 121 Å². The molecule has 0 radical (unpaired) electrons. The van der Waals surface area contributed by atoms with E-state index in [-0.39, 0.29) is 11.3 Å². The lowest BCUT2D eigenvalue weighted by atomic mass is 9.68. The monoisotopic (exact) mass is 272 g/mol. The van der Waals surface area contributed by atoms with Crippen molar-refractivity contribution in [2.45, 2.75) is 45.4 Å². The number of Topliss-reactive ketones (excluding diaryl/α,β-unsaturated/α-hetero) is 1. The summed E-state index contributed by atoms with van der Waals surface area (Å²) in [6.07, 6.45) is 6.10. The largest absolute Gasteiger partial charge is 0.316 e. The van der Waals surface area contributed by atoms with Crippen LogP contribution < -0.4 is 5.32 Å². The highest BCUT2D eigenvalue weighted by Gasteiger charge is 2.43. The molecule has 20 heavy (non-hydrogen) atoms. The third-order valence-corrected chi connectivity index (χ3v) is 5.23. The van der Waals surface area contributed by atoms with Crippen LogP contribution in [0.15, 0.2) is 18.3 Å². The summed E-state index contributed by atoms with van der Waals surface area (Å²) in [5.74, 6) is 0.864. The fraction of sp³-hybridized carbons (Fsp3) is 0.647. The number of fused-ring (bicyclic) bond motifs is 1. The van der Waals surface area contributed by atoms with Gasteiger partial charge in [-0.25, -0.2) is 0 Å². The fourth-order valence-corrected chi connectivity index (χ4v) is 3.79. The second-order valence-electron chi connectivity index (χ2n) is 6.77. The maximum Gasteiger partial charge on any atom is 0.147 e. The molecule has 2 aliphatic rings. The normalized spacial score (nSPS) is 26.3. The molecule has 0 bridgehead atoms. The molecule has 2 heterocycles. The lowest BCUT2D eigenvalue weighted by Crippen LogP contribution is -2.44. The van der Waals surface area contributed by atoms with Crippen LogP contribution >= 0.6 is 0 Å². The Hall–Kier alpha value is -1.22. The van der Waals surface area contributed by atoms with Gasteiger partial charge in [-0.15, -0.1) is 0 Å². The summed E-state index contributed by atoms with van der Waals surface area (Å²) >= 11 is 0. The number of carbonyl (C=O) groups is 1. The lowest BCUT2D eigenvalue weighted by Gasteiger charge is -2.37. The fourth-order valence-electron chi connectivity index (χ4n) is 3.79. The van der Waals surface area contributed by atoms with E-state index in [1.165, 1.54) is 12.0 Å². The van der Waals surface area contributed by atoms with Crippen LogP contribution in [0.3, 0.4) is 0 Å². The van der Waals surface area contributed by atoms with Crippen molar-refractivity contribution in [3.63, 3.8) is 0 Å². The summed E-state index contributed by atoms with van der Waals surface area (Å²) in [6.45, 7) is 6.33. The van der Waals surface area contributed by atoms with E-state index >= 15 is 0 Å². The smallest absolute Gasteiger partial charge is 0.147 e. The Morgan fingerprint density at radius 2 is 2.25 bits per heavy atom. The van der Waals surface area contributed by atoms with Gasteiger partial charge in [0.05, 0.1) is 11.6 Å². The van der Waals surface area contributed by atoms with Crippen molar-refractivity contribution in [1.29, 1.82) is 0 Å². The van der Waals surface area contributed by atoms with Crippen molar-refractivity contribution in [1.82, 2.24) is 10.3 Å². The number of carbonyl (C=O) groups excluding carboxylic acids is 1. The third-order valence-electron chi connectivity index (χ3n) is 5.23.